The molecule has 2 aliphatic carbocycles. The first-order valence-corrected chi connectivity index (χ1v) is 25.1. The zero-order valence-corrected chi connectivity index (χ0v) is 26.4. The Balaban J connectivity index is 0.00000171. The van der Waals surface area contributed by atoms with Crippen molar-refractivity contribution in [3.8, 4) is 10.4 Å². The third-order valence-corrected chi connectivity index (χ3v) is 26.2. The number of halogens is 2. The fourth-order valence-electron chi connectivity index (χ4n) is 6.42. The number of fused-ring (bicyclic) bond motifs is 1. The zero-order valence-electron chi connectivity index (χ0n) is 20.1. The maximum Gasteiger partial charge on any atom is -0.147 e. The van der Waals surface area contributed by atoms with Crippen LogP contribution in [0.5, 0.6) is 0 Å². The first-order chi connectivity index (χ1) is 13.4. The van der Waals surface area contributed by atoms with Gasteiger partial charge in [0.15, 0.2) is 0 Å². The van der Waals surface area contributed by atoms with Gasteiger partial charge in [-0.25, -0.2) is 0 Å². The van der Waals surface area contributed by atoms with Crippen molar-refractivity contribution in [2.75, 3.05) is 0 Å². The SMILES string of the molecule is CC1=Cc2c(-c3ccc(C)s3)cccc2[CH]1[Zr]([CH3])([CH3])(=[SiH2])[C]1=C(C)C(C)=C(C)C1C.Cl.Cl. The smallest absolute Gasteiger partial charge is 0.147 e. The van der Waals surface area contributed by atoms with Crippen LogP contribution in [0, 0.1) is 12.8 Å². The molecule has 0 nitrogen and oxygen atoms in total. The van der Waals surface area contributed by atoms with Crippen LogP contribution in [0.2, 0.25) is 9.26 Å². The van der Waals surface area contributed by atoms with Crippen molar-refractivity contribution in [2.24, 2.45) is 5.92 Å². The third-order valence-electron chi connectivity index (χ3n) is 7.74. The molecule has 168 valence electrons. The number of aryl methyl sites for hydroxylation is 1. The predicted octanol–water partition coefficient (Wildman–Crippen LogP) is 8.62. The molecule has 0 saturated heterocycles. The van der Waals surface area contributed by atoms with Crippen LogP contribution >= 0.6 is 36.2 Å². The van der Waals surface area contributed by atoms with Gasteiger partial charge in [-0.15, -0.1) is 24.8 Å². The average Bonchev–Trinajstić information content (AvgIpc) is 3.26. The summed E-state index contributed by atoms with van der Waals surface area (Å²) in [4.78, 5) is 2.79. The summed E-state index contributed by atoms with van der Waals surface area (Å²) in [6.45, 7) is 16.6. The van der Waals surface area contributed by atoms with Gasteiger partial charge in [0.1, 0.15) is 0 Å². The molecule has 0 N–H and O–H groups in total. The van der Waals surface area contributed by atoms with Crippen molar-refractivity contribution in [2.45, 2.75) is 54.4 Å². The van der Waals surface area contributed by atoms with Crippen molar-refractivity contribution >= 4 is 49.1 Å². The Morgan fingerprint density at radius 3 is 2.06 bits per heavy atom. The van der Waals surface area contributed by atoms with Gasteiger partial charge < -0.3 is 0 Å². The molecular formula is C26H36Cl2SSiZr. The molecule has 0 bridgehead atoms. The number of hydrogen-bond donors (Lipinski definition) is 0. The number of hydrogen-bond acceptors (Lipinski definition) is 1. The van der Waals surface area contributed by atoms with Gasteiger partial charge in [-0.05, 0) is 0 Å². The van der Waals surface area contributed by atoms with E-state index in [4.69, 9.17) is 0 Å². The Hall–Kier alpha value is -0.180. The molecular weight excluding hydrogens is 535 g/mol. The van der Waals surface area contributed by atoms with Crippen LogP contribution in [0.1, 0.15) is 54.2 Å². The summed E-state index contributed by atoms with van der Waals surface area (Å²) in [5.41, 5.74) is 10.8. The van der Waals surface area contributed by atoms with E-state index in [0.29, 0.717) is 9.54 Å². The van der Waals surface area contributed by atoms with E-state index in [0.717, 1.165) is 0 Å². The van der Waals surface area contributed by atoms with Crippen LogP contribution < -0.4 is 0 Å². The molecule has 2 aliphatic rings. The van der Waals surface area contributed by atoms with Crippen LogP contribution in [-0.2, 0) is 17.4 Å². The molecule has 1 aromatic carbocycles. The Bertz CT molecular complexity index is 1210. The number of rotatable bonds is 3. The van der Waals surface area contributed by atoms with Gasteiger partial charge in [0.2, 0.25) is 0 Å². The summed E-state index contributed by atoms with van der Waals surface area (Å²) < 4.78 is 7.86. The van der Waals surface area contributed by atoms with E-state index in [-0.39, 0.29) is 24.8 Å². The van der Waals surface area contributed by atoms with Crippen molar-refractivity contribution in [3.05, 3.63) is 71.9 Å². The summed E-state index contributed by atoms with van der Waals surface area (Å²) >= 11 is -1.37. The molecule has 1 heterocycles. The maximum absolute atomic E-state index is 3.29. The van der Waals surface area contributed by atoms with E-state index in [1.54, 1.807) is 27.9 Å². The van der Waals surface area contributed by atoms with E-state index in [1.807, 2.05) is 14.6 Å². The Morgan fingerprint density at radius 1 is 0.903 bits per heavy atom. The second kappa shape index (κ2) is 8.88. The fourth-order valence-corrected chi connectivity index (χ4v) is 29.1. The summed E-state index contributed by atoms with van der Waals surface area (Å²) in [7, 11) is 0. The molecule has 0 spiro atoms. The molecule has 2 aromatic rings. The van der Waals surface area contributed by atoms with Gasteiger partial charge in [0.25, 0.3) is 0 Å². The van der Waals surface area contributed by atoms with E-state index in [2.05, 4.69) is 94.1 Å². The minimum absolute atomic E-state index is 0. The van der Waals surface area contributed by atoms with E-state index < -0.39 is 17.4 Å². The molecule has 0 saturated carbocycles. The van der Waals surface area contributed by atoms with Crippen molar-refractivity contribution in [1.82, 2.24) is 0 Å². The quantitative estimate of drug-likeness (QED) is 0.324. The second-order valence-electron chi connectivity index (χ2n) is 10.4. The van der Waals surface area contributed by atoms with Crippen LogP contribution in [0.15, 0.2) is 55.9 Å². The molecule has 5 heteroatoms. The first-order valence-electron chi connectivity index (χ1n) is 10.8. The summed E-state index contributed by atoms with van der Waals surface area (Å²) in [5.74, 6) is 0.605. The predicted molar refractivity (Wildman–Crippen MR) is 146 cm³/mol. The summed E-state index contributed by atoms with van der Waals surface area (Å²) in [6.07, 6.45) is 2.52. The number of allylic oxidation sites excluding steroid dienone is 5. The first kappa shape index (κ1) is 27.1. The molecule has 0 radical (unpaired) electrons. The van der Waals surface area contributed by atoms with Crippen LogP contribution in [0.4, 0.5) is 0 Å². The molecule has 2 atom stereocenters. The van der Waals surface area contributed by atoms with E-state index in [1.165, 1.54) is 20.9 Å². The molecule has 0 amide bonds. The van der Waals surface area contributed by atoms with Gasteiger partial charge in [0.05, 0.1) is 0 Å². The monoisotopic (exact) mass is 568 g/mol. The van der Waals surface area contributed by atoms with Crippen LogP contribution in [0.3, 0.4) is 0 Å². The molecule has 1 aromatic heterocycles. The molecule has 0 aliphatic heterocycles. The number of benzene rings is 1. The van der Waals surface area contributed by atoms with Crippen molar-refractivity contribution in [3.63, 3.8) is 0 Å². The van der Waals surface area contributed by atoms with Crippen LogP contribution in [0.25, 0.3) is 16.5 Å². The molecule has 31 heavy (non-hydrogen) atoms. The Labute approximate surface area is 207 Å². The second-order valence-corrected chi connectivity index (χ2v) is 41.1. The standard InChI is InChI=1S/C15H13S.C9H13.2CH3.2ClH.H2Si.Zr/c1-10-8-12-4-3-5-13(14(12)9-10)15-7-6-11(2)16-15;1-6-5-7(2)9(4)8(6)3;;;;;;/h3-9H,1-2H3;6H,1-4H3;2*1H3;2*1H;1H2;. The largest absolute Gasteiger partial charge is 0.147 e. The third kappa shape index (κ3) is 4.12. The van der Waals surface area contributed by atoms with Gasteiger partial charge >= 0.3 is 184 Å². The van der Waals surface area contributed by atoms with Crippen molar-refractivity contribution in [1.29, 1.82) is 0 Å². The minimum Gasteiger partial charge on any atom is -0.147 e. The minimum atomic E-state index is -3.29. The Kier molecular flexibility index (Phi) is 7.75. The fraction of sp³-hybridized carbons (Fsp3) is 0.385. The topological polar surface area (TPSA) is 0 Å². The van der Waals surface area contributed by atoms with E-state index >= 15 is 0 Å². The zero-order chi connectivity index (χ0) is 21.3. The van der Waals surface area contributed by atoms with Gasteiger partial charge in [-0.1, -0.05) is 0 Å². The maximum atomic E-state index is 2.71. The Morgan fingerprint density at radius 2 is 1.55 bits per heavy atom. The normalized spacial score (nSPS) is 21.0. The molecule has 0 fully saturated rings. The van der Waals surface area contributed by atoms with Gasteiger partial charge in [-0.3, -0.25) is 0 Å². The molecule has 4 rings (SSSR count). The number of thiophene rings is 1. The van der Waals surface area contributed by atoms with Crippen LogP contribution in [-0.4, -0.2) is 6.88 Å². The van der Waals surface area contributed by atoms with Gasteiger partial charge in [-0.2, -0.15) is 0 Å². The van der Waals surface area contributed by atoms with Gasteiger partial charge in [0, 0.05) is 0 Å². The summed E-state index contributed by atoms with van der Waals surface area (Å²) in [6, 6.07) is 11.6. The van der Waals surface area contributed by atoms with E-state index in [9.17, 15) is 0 Å². The van der Waals surface area contributed by atoms with Crippen molar-refractivity contribution < 1.29 is 17.4 Å². The average molecular weight is 571 g/mol. The molecule has 2 unspecified atom stereocenters. The summed E-state index contributed by atoms with van der Waals surface area (Å²) in [5, 5.41) is 0.